The Hall–Kier alpha value is -4.22. The van der Waals surface area contributed by atoms with E-state index in [9.17, 15) is 23.6 Å². The normalized spacial score (nSPS) is 28.0. The van der Waals surface area contributed by atoms with Gasteiger partial charge in [0.15, 0.2) is 6.61 Å². The predicted octanol–water partition coefficient (Wildman–Crippen LogP) is 5.27. The summed E-state index contributed by atoms with van der Waals surface area (Å²) in [5, 5.41) is 3.55. The Labute approximate surface area is 259 Å². The van der Waals surface area contributed by atoms with Gasteiger partial charge in [0.25, 0.3) is 5.91 Å². The van der Waals surface area contributed by atoms with Gasteiger partial charge in [0, 0.05) is 27.3 Å². The number of H-pyrrole nitrogens is 1. The first-order valence-electron chi connectivity index (χ1n) is 14.5. The summed E-state index contributed by atoms with van der Waals surface area (Å²) in [6, 6.07) is 22.1. The number of imide groups is 1. The minimum Gasteiger partial charge on any atom is -0.483 e. The number of ether oxygens (including phenoxy) is 1. The SMILES string of the molecule is O=C(COc1ccccc1[C@H]1c2sc(=O)[nH]c2SC2C3CC(C4C(=O)N(c5ccccc5)C(=O)C34)C21)Nc1ccc(F)cc1. The smallest absolute Gasteiger partial charge is 0.305 e. The highest BCUT2D eigenvalue weighted by Crippen LogP contribution is 2.69. The number of aromatic nitrogens is 1. The summed E-state index contributed by atoms with van der Waals surface area (Å²) in [6.07, 6.45) is 0.774. The molecule has 8 rings (SSSR count). The number of amides is 3. The number of nitrogens with zero attached hydrogens (tertiary/aromatic N) is 1. The molecule has 4 aliphatic rings. The van der Waals surface area contributed by atoms with Gasteiger partial charge in [-0.1, -0.05) is 47.7 Å². The fourth-order valence-electron chi connectivity index (χ4n) is 7.94. The minimum absolute atomic E-state index is 0.00113. The zero-order valence-electron chi connectivity index (χ0n) is 23.1. The molecule has 3 heterocycles. The molecule has 0 radical (unpaired) electrons. The Bertz CT molecular complexity index is 1860. The molecular formula is C33H26FN3O5S2. The first kappa shape index (κ1) is 27.3. The van der Waals surface area contributed by atoms with Crippen LogP contribution in [-0.2, 0) is 14.4 Å². The highest BCUT2D eigenvalue weighted by atomic mass is 32.2. The van der Waals surface area contributed by atoms with Crippen LogP contribution in [0.3, 0.4) is 0 Å². The Morgan fingerprint density at radius 1 is 0.932 bits per heavy atom. The Morgan fingerprint density at radius 2 is 1.64 bits per heavy atom. The van der Waals surface area contributed by atoms with Crippen molar-refractivity contribution in [3.8, 4) is 5.75 Å². The van der Waals surface area contributed by atoms with Gasteiger partial charge in [0.05, 0.1) is 22.5 Å². The number of halogens is 1. The molecule has 44 heavy (non-hydrogen) atoms. The van der Waals surface area contributed by atoms with Crippen LogP contribution in [-0.4, -0.2) is 34.6 Å². The fraction of sp³-hybridized carbons (Fsp3) is 0.273. The molecule has 2 aliphatic heterocycles. The van der Waals surface area contributed by atoms with Crippen LogP contribution >= 0.6 is 23.1 Å². The molecule has 7 atom stereocenters. The first-order chi connectivity index (χ1) is 21.4. The number of anilines is 2. The lowest BCUT2D eigenvalue weighted by Gasteiger charge is -2.43. The highest BCUT2D eigenvalue weighted by Gasteiger charge is 2.69. The van der Waals surface area contributed by atoms with Gasteiger partial charge in [0.2, 0.25) is 11.8 Å². The van der Waals surface area contributed by atoms with E-state index >= 15 is 0 Å². The summed E-state index contributed by atoms with van der Waals surface area (Å²) >= 11 is 2.80. The molecule has 4 aromatic rings. The standard InChI is InChI=1S/C33H26FN3O5S2/c34-16-10-12-17(13-11-16)35-23(38)15-42-22-9-5-4-8-19(22)24-25-20-14-21(28(25)43-30-29(24)44-33(41)36-30)27-26(20)31(39)37(32(27)40)18-6-2-1-3-7-18/h1-13,20-21,24-28H,14-15H2,(H,35,38)(H,36,41)/t20?,21?,24-,25?,26?,27?,28?/m1/s1. The number of carbonyl (C=O) groups is 3. The second-order valence-electron chi connectivity index (χ2n) is 11.7. The molecule has 222 valence electrons. The zero-order valence-corrected chi connectivity index (χ0v) is 24.8. The molecule has 2 saturated carbocycles. The van der Waals surface area contributed by atoms with E-state index in [1.807, 2.05) is 42.5 Å². The number of thiazole rings is 1. The summed E-state index contributed by atoms with van der Waals surface area (Å²) in [4.78, 5) is 58.2. The van der Waals surface area contributed by atoms with Crippen molar-refractivity contribution in [3.05, 3.63) is 105 Å². The molecule has 6 unspecified atom stereocenters. The molecule has 3 aromatic carbocycles. The topological polar surface area (TPSA) is 109 Å². The number of thioether (sulfide) groups is 1. The molecule has 8 nitrogen and oxygen atoms in total. The number of hydrogen-bond acceptors (Lipinski definition) is 7. The molecule has 3 fully saturated rings. The first-order valence-corrected chi connectivity index (χ1v) is 16.2. The molecule has 2 N–H and O–H groups in total. The van der Waals surface area contributed by atoms with Crippen LogP contribution < -0.4 is 19.8 Å². The van der Waals surface area contributed by atoms with Crippen molar-refractivity contribution in [2.24, 2.45) is 29.6 Å². The number of para-hydroxylation sites is 2. The van der Waals surface area contributed by atoms with Gasteiger partial charge >= 0.3 is 4.87 Å². The maximum Gasteiger partial charge on any atom is 0.305 e. The summed E-state index contributed by atoms with van der Waals surface area (Å²) in [5.41, 5.74) is 1.90. The van der Waals surface area contributed by atoms with E-state index in [0.717, 1.165) is 21.9 Å². The summed E-state index contributed by atoms with van der Waals surface area (Å²) in [6.45, 7) is -0.268. The van der Waals surface area contributed by atoms with Crippen LogP contribution in [0.15, 0.2) is 88.7 Å². The summed E-state index contributed by atoms with van der Waals surface area (Å²) in [7, 11) is 0. The van der Waals surface area contributed by atoms with Gasteiger partial charge in [-0.25, -0.2) is 4.39 Å². The third kappa shape index (κ3) is 4.24. The van der Waals surface area contributed by atoms with Crippen LogP contribution in [0, 0.1) is 35.4 Å². The third-order valence-electron chi connectivity index (χ3n) is 9.48. The van der Waals surface area contributed by atoms with Crippen molar-refractivity contribution >= 4 is 52.2 Å². The predicted molar refractivity (Wildman–Crippen MR) is 164 cm³/mol. The number of fused-ring (bicyclic) bond motifs is 9. The van der Waals surface area contributed by atoms with E-state index in [1.165, 1.54) is 40.5 Å². The van der Waals surface area contributed by atoms with E-state index in [0.29, 0.717) is 17.1 Å². The van der Waals surface area contributed by atoms with Gasteiger partial charge in [0.1, 0.15) is 11.6 Å². The van der Waals surface area contributed by atoms with E-state index in [2.05, 4.69) is 10.3 Å². The van der Waals surface area contributed by atoms with Crippen molar-refractivity contribution in [1.82, 2.24) is 4.98 Å². The fourth-order valence-corrected chi connectivity index (χ4v) is 10.8. The molecule has 2 bridgehead atoms. The molecule has 11 heteroatoms. The average Bonchev–Trinajstić information content (AvgIpc) is 3.76. The molecule has 1 saturated heterocycles. The van der Waals surface area contributed by atoms with Crippen LogP contribution in [0.1, 0.15) is 22.8 Å². The van der Waals surface area contributed by atoms with Crippen LogP contribution in [0.25, 0.3) is 0 Å². The average molecular weight is 628 g/mol. The van der Waals surface area contributed by atoms with Crippen molar-refractivity contribution in [2.45, 2.75) is 22.6 Å². The quantitative estimate of drug-likeness (QED) is 0.282. The van der Waals surface area contributed by atoms with E-state index in [4.69, 9.17) is 4.74 Å². The van der Waals surface area contributed by atoms with E-state index in [-0.39, 0.29) is 58.1 Å². The molecule has 2 aliphatic carbocycles. The molecule has 0 spiro atoms. The van der Waals surface area contributed by atoms with Crippen LogP contribution in [0.4, 0.5) is 15.8 Å². The van der Waals surface area contributed by atoms with Crippen molar-refractivity contribution in [1.29, 1.82) is 0 Å². The maximum absolute atomic E-state index is 13.9. The lowest BCUT2D eigenvalue weighted by Crippen LogP contribution is -2.42. The lowest BCUT2D eigenvalue weighted by atomic mass is 9.68. The van der Waals surface area contributed by atoms with Crippen molar-refractivity contribution in [2.75, 3.05) is 16.8 Å². The van der Waals surface area contributed by atoms with Gasteiger partial charge in [-0.3, -0.25) is 24.1 Å². The summed E-state index contributed by atoms with van der Waals surface area (Å²) < 4.78 is 19.4. The summed E-state index contributed by atoms with van der Waals surface area (Å²) in [5.74, 6) is -1.64. The zero-order chi connectivity index (χ0) is 30.1. The van der Waals surface area contributed by atoms with Gasteiger partial charge in [-0.15, -0.1) is 11.8 Å². The number of benzene rings is 3. The molecule has 1 aromatic heterocycles. The Morgan fingerprint density at radius 3 is 2.41 bits per heavy atom. The monoisotopic (exact) mass is 627 g/mol. The number of aromatic amines is 1. The van der Waals surface area contributed by atoms with Crippen molar-refractivity contribution < 1.29 is 23.5 Å². The number of hydrogen-bond donors (Lipinski definition) is 2. The Kier molecular flexibility index (Phi) is 6.49. The second kappa shape index (κ2) is 10.4. The number of carbonyl (C=O) groups excluding carboxylic acids is 3. The second-order valence-corrected chi connectivity index (χ2v) is 13.9. The van der Waals surface area contributed by atoms with Gasteiger partial charge in [-0.05, 0) is 66.6 Å². The largest absolute Gasteiger partial charge is 0.483 e. The third-order valence-corrected chi connectivity index (χ3v) is 12.1. The molecule has 3 amide bonds. The van der Waals surface area contributed by atoms with Gasteiger partial charge < -0.3 is 15.0 Å². The van der Waals surface area contributed by atoms with E-state index < -0.39 is 17.6 Å². The van der Waals surface area contributed by atoms with Crippen molar-refractivity contribution in [3.63, 3.8) is 0 Å². The Balaban J connectivity index is 1.12. The van der Waals surface area contributed by atoms with Crippen LogP contribution in [0.2, 0.25) is 0 Å². The number of rotatable bonds is 6. The maximum atomic E-state index is 13.9. The van der Waals surface area contributed by atoms with Gasteiger partial charge in [-0.2, -0.15) is 0 Å². The van der Waals surface area contributed by atoms with E-state index in [1.54, 1.807) is 23.9 Å². The van der Waals surface area contributed by atoms with Crippen LogP contribution in [0.5, 0.6) is 5.75 Å². The number of nitrogens with one attached hydrogen (secondary N) is 2. The lowest BCUT2D eigenvalue weighted by molar-refractivity contribution is -0.123. The highest BCUT2D eigenvalue weighted by molar-refractivity contribution is 8.00. The minimum atomic E-state index is -0.413. The molecular weight excluding hydrogens is 602 g/mol.